The number of hydrogen-bond acceptors (Lipinski definition) is 8. The number of rotatable bonds is 5. The molecule has 0 aliphatic carbocycles. The first kappa shape index (κ1) is 25.0. The van der Waals surface area contributed by atoms with Crippen LogP contribution in [-0.4, -0.2) is 89.9 Å². The van der Waals surface area contributed by atoms with Crippen molar-refractivity contribution in [3.8, 4) is 6.01 Å². The molecule has 34 heavy (non-hydrogen) atoms. The fourth-order valence-electron chi connectivity index (χ4n) is 5.36. The Hall–Kier alpha value is -2.13. The van der Waals surface area contributed by atoms with Crippen LogP contribution in [0.2, 0.25) is 0 Å². The lowest BCUT2D eigenvalue weighted by Gasteiger charge is -2.41. The van der Waals surface area contributed by atoms with Crippen LogP contribution < -0.4 is 15.0 Å². The Balaban J connectivity index is 1.48. The zero-order chi connectivity index (χ0) is 24.5. The molecule has 1 aromatic rings. The van der Waals surface area contributed by atoms with Crippen molar-refractivity contribution >= 4 is 11.9 Å². The van der Waals surface area contributed by atoms with E-state index in [0.29, 0.717) is 44.2 Å². The van der Waals surface area contributed by atoms with Gasteiger partial charge in [0.1, 0.15) is 11.4 Å². The molecule has 1 amide bonds. The van der Waals surface area contributed by atoms with Crippen molar-refractivity contribution in [3.63, 3.8) is 0 Å². The number of carbonyl (C=O) groups excluding carboxylic acids is 1. The highest BCUT2D eigenvalue weighted by atomic mass is 16.6. The standard InChI is InChI=1S/C25H42N6O3/c1-17(21-8-7-11-29(21)6)16-33-23-27-20-14-26-10-9-19(20)22(28-23)31-13-12-30(15-18(31)2)24(32)34-25(3,4)5/h17-18,21,26H,7-16H2,1-6H3/t17-,18-,21-/m0/s1. The summed E-state index contributed by atoms with van der Waals surface area (Å²) in [5.74, 6) is 1.38. The maximum Gasteiger partial charge on any atom is 0.410 e. The van der Waals surface area contributed by atoms with Crippen molar-refractivity contribution in [2.45, 2.75) is 78.1 Å². The second kappa shape index (κ2) is 10.2. The molecule has 0 aromatic carbocycles. The molecule has 1 aromatic heterocycles. The fraction of sp³-hybridized carbons (Fsp3) is 0.800. The lowest BCUT2D eigenvalue weighted by Crippen LogP contribution is -2.55. The largest absolute Gasteiger partial charge is 0.463 e. The number of likely N-dealkylation sites (tertiary alicyclic amines) is 1. The molecule has 0 spiro atoms. The molecule has 9 heteroatoms. The van der Waals surface area contributed by atoms with E-state index in [2.05, 4.69) is 36.0 Å². The number of anilines is 1. The summed E-state index contributed by atoms with van der Waals surface area (Å²) < 4.78 is 11.8. The summed E-state index contributed by atoms with van der Waals surface area (Å²) in [6.45, 7) is 15.4. The van der Waals surface area contributed by atoms with Gasteiger partial charge >= 0.3 is 12.1 Å². The van der Waals surface area contributed by atoms with Crippen molar-refractivity contribution < 1.29 is 14.3 Å². The Morgan fingerprint density at radius 3 is 2.71 bits per heavy atom. The summed E-state index contributed by atoms with van der Waals surface area (Å²) in [5.41, 5.74) is 1.73. The van der Waals surface area contributed by atoms with Crippen LogP contribution in [0, 0.1) is 5.92 Å². The lowest BCUT2D eigenvalue weighted by atomic mass is 10.0. The summed E-state index contributed by atoms with van der Waals surface area (Å²) in [6, 6.07) is 1.14. The molecule has 0 saturated carbocycles. The molecule has 2 fully saturated rings. The van der Waals surface area contributed by atoms with E-state index in [1.807, 2.05) is 20.8 Å². The topological polar surface area (TPSA) is 83.1 Å². The molecule has 4 heterocycles. The maximum atomic E-state index is 12.6. The molecular weight excluding hydrogens is 432 g/mol. The van der Waals surface area contributed by atoms with Crippen LogP contribution in [0.1, 0.15) is 58.7 Å². The van der Waals surface area contributed by atoms with Gasteiger partial charge in [-0.25, -0.2) is 4.79 Å². The van der Waals surface area contributed by atoms with E-state index >= 15 is 0 Å². The monoisotopic (exact) mass is 474 g/mol. The molecular formula is C25H42N6O3. The molecule has 0 radical (unpaired) electrons. The number of hydrogen-bond donors (Lipinski definition) is 1. The van der Waals surface area contributed by atoms with E-state index in [4.69, 9.17) is 19.4 Å². The van der Waals surface area contributed by atoms with Gasteiger partial charge in [-0.05, 0) is 67.1 Å². The molecule has 2 saturated heterocycles. The number of aromatic nitrogens is 2. The van der Waals surface area contributed by atoms with Crippen molar-refractivity contribution in [2.24, 2.45) is 5.92 Å². The van der Waals surface area contributed by atoms with Gasteiger partial charge in [-0.1, -0.05) is 6.92 Å². The number of carbonyl (C=O) groups is 1. The summed E-state index contributed by atoms with van der Waals surface area (Å²) in [7, 11) is 2.20. The van der Waals surface area contributed by atoms with Gasteiger partial charge in [-0.15, -0.1) is 0 Å². The lowest BCUT2D eigenvalue weighted by molar-refractivity contribution is 0.0218. The molecule has 190 valence electrons. The average molecular weight is 475 g/mol. The third-order valence-corrected chi connectivity index (χ3v) is 7.15. The first-order chi connectivity index (χ1) is 16.1. The van der Waals surface area contributed by atoms with Gasteiger partial charge in [-0.2, -0.15) is 9.97 Å². The molecule has 9 nitrogen and oxygen atoms in total. The molecule has 3 atom stereocenters. The van der Waals surface area contributed by atoms with Crippen LogP contribution in [0.5, 0.6) is 6.01 Å². The molecule has 4 rings (SSSR count). The first-order valence-corrected chi connectivity index (χ1v) is 12.8. The number of nitrogens with zero attached hydrogens (tertiary/aromatic N) is 5. The van der Waals surface area contributed by atoms with Crippen molar-refractivity contribution in [1.29, 1.82) is 0 Å². The van der Waals surface area contributed by atoms with E-state index in [9.17, 15) is 4.79 Å². The third-order valence-electron chi connectivity index (χ3n) is 7.15. The average Bonchev–Trinajstić information content (AvgIpc) is 3.21. The Morgan fingerprint density at radius 2 is 2.03 bits per heavy atom. The molecule has 0 bridgehead atoms. The van der Waals surface area contributed by atoms with Gasteiger partial charge in [0.2, 0.25) is 0 Å². The van der Waals surface area contributed by atoms with Crippen LogP contribution in [-0.2, 0) is 17.7 Å². The minimum Gasteiger partial charge on any atom is -0.463 e. The number of piperazine rings is 1. The van der Waals surface area contributed by atoms with Crippen molar-refractivity contribution in [3.05, 3.63) is 11.3 Å². The molecule has 3 aliphatic rings. The maximum absolute atomic E-state index is 12.6. The minimum absolute atomic E-state index is 0.120. The fourth-order valence-corrected chi connectivity index (χ4v) is 5.36. The van der Waals surface area contributed by atoms with Gasteiger partial charge in [0, 0.05) is 49.7 Å². The summed E-state index contributed by atoms with van der Waals surface area (Å²) >= 11 is 0. The highest BCUT2D eigenvalue weighted by Gasteiger charge is 2.33. The van der Waals surface area contributed by atoms with Crippen LogP contribution in [0.25, 0.3) is 0 Å². The van der Waals surface area contributed by atoms with Gasteiger partial charge in [0.05, 0.1) is 12.3 Å². The predicted molar refractivity (Wildman–Crippen MR) is 132 cm³/mol. The normalized spacial score (nSPS) is 24.6. The Bertz CT molecular complexity index is 873. The highest BCUT2D eigenvalue weighted by Crippen LogP contribution is 2.30. The van der Waals surface area contributed by atoms with Crippen LogP contribution in [0.4, 0.5) is 10.6 Å². The van der Waals surface area contributed by atoms with E-state index in [1.54, 1.807) is 4.90 Å². The third kappa shape index (κ3) is 5.74. The SMILES string of the molecule is C[C@@H](COc1nc2c(c(N3CCN(C(=O)OC(C)(C)C)C[C@@H]3C)n1)CCNC2)[C@@H]1CCCN1C. The number of ether oxygens (including phenoxy) is 2. The second-order valence-electron chi connectivity index (χ2n) is 11.1. The minimum atomic E-state index is -0.493. The molecule has 0 unspecified atom stereocenters. The van der Waals surface area contributed by atoms with Crippen LogP contribution >= 0.6 is 0 Å². The predicted octanol–water partition coefficient (Wildman–Crippen LogP) is 2.68. The van der Waals surface area contributed by atoms with E-state index in [0.717, 1.165) is 37.6 Å². The Labute approximate surface area is 204 Å². The molecule has 1 N–H and O–H groups in total. The van der Waals surface area contributed by atoms with Gasteiger partial charge in [0.15, 0.2) is 0 Å². The number of amides is 1. The smallest absolute Gasteiger partial charge is 0.410 e. The Morgan fingerprint density at radius 1 is 1.24 bits per heavy atom. The zero-order valence-corrected chi connectivity index (χ0v) is 21.8. The van der Waals surface area contributed by atoms with Crippen molar-refractivity contribution in [2.75, 3.05) is 51.3 Å². The number of nitrogens with one attached hydrogen (secondary N) is 1. The van der Waals surface area contributed by atoms with E-state index in [1.165, 1.54) is 18.4 Å². The van der Waals surface area contributed by atoms with Crippen molar-refractivity contribution in [1.82, 2.24) is 25.1 Å². The molecule has 3 aliphatic heterocycles. The van der Waals surface area contributed by atoms with E-state index in [-0.39, 0.29) is 12.1 Å². The van der Waals surface area contributed by atoms with E-state index < -0.39 is 5.60 Å². The number of fused-ring (bicyclic) bond motifs is 1. The van der Waals surface area contributed by atoms with Crippen LogP contribution in [0.3, 0.4) is 0 Å². The van der Waals surface area contributed by atoms with Crippen LogP contribution in [0.15, 0.2) is 0 Å². The Kier molecular flexibility index (Phi) is 7.52. The second-order valence-corrected chi connectivity index (χ2v) is 11.1. The first-order valence-electron chi connectivity index (χ1n) is 12.8. The summed E-state index contributed by atoms with van der Waals surface area (Å²) in [6.07, 6.45) is 3.13. The van der Waals surface area contributed by atoms with Gasteiger partial charge in [0.25, 0.3) is 0 Å². The quantitative estimate of drug-likeness (QED) is 0.698. The highest BCUT2D eigenvalue weighted by molar-refractivity contribution is 5.69. The van der Waals surface area contributed by atoms with Gasteiger partial charge in [-0.3, -0.25) is 0 Å². The summed E-state index contributed by atoms with van der Waals surface area (Å²) in [5, 5.41) is 3.43. The summed E-state index contributed by atoms with van der Waals surface area (Å²) in [4.78, 5) is 28.8. The van der Waals surface area contributed by atoms with Gasteiger partial charge < -0.3 is 29.5 Å². The zero-order valence-electron chi connectivity index (χ0n) is 21.8.